The van der Waals surface area contributed by atoms with Crippen LogP contribution >= 0.6 is 0 Å². The zero-order valence-corrected chi connectivity index (χ0v) is 13.9. The normalized spacial score (nSPS) is 15.7. The van der Waals surface area contributed by atoms with Crippen molar-refractivity contribution in [2.75, 3.05) is 20.2 Å². The van der Waals surface area contributed by atoms with Crippen molar-refractivity contribution >= 4 is 5.97 Å². The number of aromatic nitrogens is 3. The fourth-order valence-corrected chi connectivity index (χ4v) is 3.01. The second kappa shape index (κ2) is 7.40. The molecule has 1 aromatic carbocycles. The number of hydrogen-bond acceptors (Lipinski definition) is 6. The zero-order valence-electron chi connectivity index (χ0n) is 13.9. The van der Waals surface area contributed by atoms with Crippen LogP contribution in [0.15, 0.2) is 24.4 Å². The number of piperidine rings is 1. The van der Waals surface area contributed by atoms with Crippen LogP contribution in [-0.4, -0.2) is 46.1 Å². The van der Waals surface area contributed by atoms with E-state index in [0.29, 0.717) is 6.54 Å². The lowest BCUT2D eigenvalue weighted by atomic mass is 10.0. The van der Waals surface area contributed by atoms with E-state index in [0.717, 1.165) is 31.5 Å². The van der Waals surface area contributed by atoms with E-state index in [-0.39, 0.29) is 17.3 Å². The Bertz CT molecular complexity index is 806. The van der Waals surface area contributed by atoms with E-state index in [1.165, 1.54) is 13.2 Å². The first-order valence-corrected chi connectivity index (χ1v) is 8.01. The second-order valence-electron chi connectivity index (χ2n) is 6.01. The predicted molar refractivity (Wildman–Crippen MR) is 86.0 cm³/mol. The SMILES string of the molecule is COC(=O)c1cn(C2CCN(Cc3ccc(F)c(C#N)c3)CC2)nn1. The van der Waals surface area contributed by atoms with Crippen LogP contribution in [0.5, 0.6) is 0 Å². The number of hydrogen-bond donors (Lipinski definition) is 0. The van der Waals surface area contributed by atoms with Gasteiger partial charge in [-0.25, -0.2) is 13.9 Å². The van der Waals surface area contributed by atoms with E-state index in [1.54, 1.807) is 23.0 Å². The van der Waals surface area contributed by atoms with Gasteiger partial charge in [-0.2, -0.15) is 5.26 Å². The van der Waals surface area contributed by atoms with Crippen LogP contribution in [0.3, 0.4) is 0 Å². The van der Waals surface area contributed by atoms with Gasteiger partial charge in [0.05, 0.1) is 24.9 Å². The minimum atomic E-state index is -0.492. The fourth-order valence-electron chi connectivity index (χ4n) is 3.01. The number of benzene rings is 1. The molecule has 0 N–H and O–H groups in total. The van der Waals surface area contributed by atoms with E-state index in [9.17, 15) is 9.18 Å². The van der Waals surface area contributed by atoms with Gasteiger partial charge in [0.2, 0.25) is 0 Å². The Balaban J connectivity index is 1.58. The van der Waals surface area contributed by atoms with Gasteiger partial charge in [-0.3, -0.25) is 4.90 Å². The molecule has 1 aromatic heterocycles. The summed E-state index contributed by atoms with van der Waals surface area (Å²) < 4.78 is 19.7. The number of esters is 1. The molecule has 1 fully saturated rings. The number of carbonyl (C=O) groups excluding carboxylic acids is 1. The average Bonchev–Trinajstić information content (AvgIpc) is 3.13. The molecule has 0 amide bonds. The zero-order chi connectivity index (χ0) is 17.8. The van der Waals surface area contributed by atoms with E-state index in [2.05, 4.69) is 19.9 Å². The van der Waals surface area contributed by atoms with Crippen LogP contribution < -0.4 is 0 Å². The van der Waals surface area contributed by atoms with E-state index in [4.69, 9.17) is 5.26 Å². The lowest BCUT2D eigenvalue weighted by Gasteiger charge is -2.31. The third-order valence-electron chi connectivity index (χ3n) is 4.39. The van der Waals surface area contributed by atoms with Gasteiger partial charge in [-0.05, 0) is 30.5 Å². The summed E-state index contributed by atoms with van der Waals surface area (Å²) in [4.78, 5) is 13.7. The molecule has 7 nitrogen and oxygen atoms in total. The van der Waals surface area contributed by atoms with E-state index < -0.39 is 11.8 Å². The molecule has 0 spiro atoms. The molecule has 0 saturated carbocycles. The van der Waals surface area contributed by atoms with Gasteiger partial charge < -0.3 is 4.74 Å². The van der Waals surface area contributed by atoms with Crippen molar-refractivity contribution in [3.05, 3.63) is 47.0 Å². The summed E-state index contributed by atoms with van der Waals surface area (Å²) in [6, 6.07) is 6.70. The molecule has 2 aromatic rings. The minimum Gasteiger partial charge on any atom is -0.464 e. The van der Waals surface area contributed by atoms with Gasteiger partial charge in [-0.15, -0.1) is 5.10 Å². The van der Waals surface area contributed by atoms with Gasteiger partial charge >= 0.3 is 5.97 Å². The lowest BCUT2D eigenvalue weighted by molar-refractivity contribution is 0.0594. The fraction of sp³-hybridized carbons (Fsp3) is 0.412. The summed E-state index contributed by atoms with van der Waals surface area (Å²) in [7, 11) is 1.31. The van der Waals surface area contributed by atoms with Crippen molar-refractivity contribution in [2.45, 2.75) is 25.4 Å². The van der Waals surface area contributed by atoms with Crippen LogP contribution in [0.4, 0.5) is 4.39 Å². The first-order valence-electron chi connectivity index (χ1n) is 8.01. The molecule has 25 heavy (non-hydrogen) atoms. The third kappa shape index (κ3) is 3.83. The number of nitriles is 1. The molecular formula is C17H18FN5O2. The van der Waals surface area contributed by atoms with Crippen molar-refractivity contribution in [3.63, 3.8) is 0 Å². The minimum absolute atomic E-state index is 0.0744. The van der Waals surface area contributed by atoms with Crippen molar-refractivity contribution < 1.29 is 13.9 Å². The molecule has 2 heterocycles. The monoisotopic (exact) mass is 343 g/mol. The molecule has 1 saturated heterocycles. The molecule has 8 heteroatoms. The Labute approximate surface area is 144 Å². The first kappa shape index (κ1) is 17.0. The molecule has 3 rings (SSSR count). The molecule has 0 unspecified atom stereocenters. The summed E-state index contributed by atoms with van der Waals surface area (Å²) in [5.41, 5.74) is 1.20. The number of likely N-dealkylation sites (tertiary alicyclic amines) is 1. The van der Waals surface area contributed by atoms with Gasteiger partial charge in [-0.1, -0.05) is 11.3 Å². The second-order valence-corrected chi connectivity index (χ2v) is 6.01. The van der Waals surface area contributed by atoms with Crippen LogP contribution in [-0.2, 0) is 11.3 Å². The summed E-state index contributed by atoms with van der Waals surface area (Å²) in [6.45, 7) is 2.36. The highest BCUT2D eigenvalue weighted by molar-refractivity contribution is 5.86. The quantitative estimate of drug-likeness (QED) is 0.789. The number of nitrogens with zero attached hydrogens (tertiary/aromatic N) is 5. The predicted octanol–water partition coefficient (Wildman–Crippen LogP) is 1.91. The topological polar surface area (TPSA) is 84.0 Å². The molecule has 0 aliphatic carbocycles. The maximum atomic E-state index is 13.4. The van der Waals surface area contributed by atoms with E-state index >= 15 is 0 Å². The molecule has 0 bridgehead atoms. The van der Waals surface area contributed by atoms with Gasteiger partial charge in [0.1, 0.15) is 11.9 Å². The summed E-state index contributed by atoms with van der Waals surface area (Å²) in [5, 5.41) is 16.8. The average molecular weight is 343 g/mol. The van der Waals surface area contributed by atoms with Crippen molar-refractivity contribution in [1.29, 1.82) is 5.26 Å². The molecule has 0 radical (unpaired) electrons. The molecular weight excluding hydrogens is 325 g/mol. The highest BCUT2D eigenvalue weighted by atomic mass is 19.1. The standard InChI is InChI=1S/C17H18FN5O2/c1-25-17(24)16-11-23(21-20-16)14-4-6-22(7-5-14)10-12-2-3-15(18)13(8-12)9-19/h2-3,8,11,14H,4-7,10H2,1H3. The van der Waals surface area contributed by atoms with Crippen molar-refractivity contribution in [1.82, 2.24) is 19.9 Å². The molecule has 1 aliphatic rings. The Morgan fingerprint density at radius 2 is 2.20 bits per heavy atom. The Morgan fingerprint density at radius 1 is 1.44 bits per heavy atom. The van der Waals surface area contributed by atoms with Gasteiger partial charge in [0.15, 0.2) is 5.69 Å². The summed E-state index contributed by atoms with van der Waals surface area (Å²) in [5.74, 6) is -0.981. The van der Waals surface area contributed by atoms with Crippen molar-refractivity contribution in [2.24, 2.45) is 0 Å². The van der Waals surface area contributed by atoms with Gasteiger partial charge in [0, 0.05) is 19.6 Å². The maximum absolute atomic E-state index is 13.4. The number of ether oxygens (including phenoxy) is 1. The van der Waals surface area contributed by atoms with E-state index in [1.807, 2.05) is 6.07 Å². The number of carbonyl (C=O) groups is 1. The highest BCUT2D eigenvalue weighted by Crippen LogP contribution is 2.23. The van der Waals surface area contributed by atoms with Crippen molar-refractivity contribution in [3.8, 4) is 6.07 Å². The first-order chi connectivity index (χ1) is 12.1. The Morgan fingerprint density at radius 3 is 2.88 bits per heavy atom. The molecule has 1 aliphatic heterocycles. The number of rotatable bonds is 4. The van der Waals surface area contributed by atoms with Gasteiger partial charge in [0.25, 0.3) is 0 Å². The van der Waals surface area contributed by atoms with Crippen LogP contribution in [0, 0.1) is 17.1 Å². The third-order valence-corrected chi connectivity index (χ3v) is 4.39. The summed E-state index contributed by atoms with van der Waals surface area (Å²) in [6.07, 6.45) is 3.36. The van der Waals surface area contributed by atoms with Crippen LogP contribution in [0.1, 0.15) is 40.5 Å². The molecule has 0 atom stereocenters. The van der Waals surface area contributed by atoms with Crippen LogP contribution in [0.2, 0.25) is 0 Å². The Hall–Kier alpha value is -2.79. The summed E-state index contributed by atoms with van der Waals surface area (Å²) >= 11 is 0. The Kier molecular flexibility index (Phi) is 5.05. The smallest absolute Gasteiger partial charge is 0.360 e. The van der Waals surface area contributed by atoms with Crippen LogP contribution in [0.25, 0.3) is 0 Å². The lowest BCUT2D eigenvalue weighted by Crippen LogP contribution is -2.34. The molecule has 130 valence electrons. The highest BCUT2D eigenvalue weighted by Gasteiger charge is 2.23. The largest absolute Gasteiger partial charge is 0.464 e. The maximum Gasteiger partial charge on any atom is 0.360 e. The number of halogens is 1. The number of methoxy groups -OCH3 is 1.